The lowest BCUT2D eigenvalue weighted by molar-refractivity contribution is -0.139. The first-order valence-corrected chi connectivity index (χ1v) is 8.30. The molecule has 0 amide bonds. The van der Waals surface area contributed by atoms with Crippen LogP contribution in [0.25, 0.3) is 0 Å². The Kier molecular flexibility index (Phi) is 6.31. The maximum absolute atomic E-state index is 12.5. The van der Waals surface area contributed by atoms with Crippen molar-refractivity contribution in [2.24, 2.45) is 5.73 Å². The van der Waals surface area contributed by atoms with Crippen molar-refractivity contribution in [3.8, 4) is 11.8 Å². The fourth-order valence-electron chi connectivity index (χ4n) is 2.65. The van der Waals surface area contributed by atoms with E-state index in [9.17, 15) is 10.1 Å². The van der Waals surface area contributed by atoms with Crippen LogP contribution in [0, 0.1) is 11.3 Å². The van der Waals surface area contributed by atoms with E-state index in [1.807, 2.05) is 6.07 Å². The molecule has 0 saturated heterocycles. The monoisotopic (exact) mass is 374 g/mol. The first-order chi connectivity index (χ1) is 12.4. The average Bonchev–Trinajstić information content (AvgIpc) is 2.60. The minimum absolute atomic E-state index is 0.0499. The number of halogens is 1. The predicted octanol–water partition coefficient (Wildman–Crippen LogP) is 3.55. The molecule has 0 saturated carbocycles. The fraction of sp³-hybridized carbons (Fsp3) is 0.263. The Morgan fingerprint density at radius 3 is 2.85 bits per heavy atom. The zero-order chi connectivity index (χ0) is 19.3. The van der Waals surface area contributed by atoms with Crippen molar-refractivity contribution in [2.45, 2.75) is 19.8 Å². The average molecular weight is 375 g/mol. The van der Waals surface area contributed by atoms with Gasteiger partial charge >= 0.3 is 5.97 Å². The fourth-order valence-corrected chi connectivity index (χ4v) is 2.89. The lowest BCUT2D eigenvalue weighted by atomic mass is 9.83. The molecule has 1 atom stereocenters. The Morgan fingerprint density at radius 2 is 2.27 bits per heavy atom. The van der Waals surface area contributed by atoms with Crippen LogP contribution in [0.3, 0.4) is 0 Å². The third-order valence-corrected chi connectivity index (χ3v) is 4.04. The van der Waals surface area contributed by atoms with Gasteiger partial charge in [0.1, 0.15) is 29.8 Å². The van der Waals surface area contributed by atoms with Crippen molar-refractivity contribution in [1.82, 2.24) is 0 Å². The van der Waals surface area contributed by atoms with Gasteiger partial charge in [0.05, 0.1) is 23.1 Å². The molecule has 136 valence electrons. The molecule has 1 unspecified atom stereocenters. The van der Waals surface area contributed by atoms with E-state index in [-0.39, 0.29) is 29.4 Å². The summed E-state index contributed by atoms with van der Waals surface area (Å²) >= 11 is 6.28. The number of esters is 1. The molecule has 0 aromatic heterocycles. The largest absolute Gasteiger partial charge is 0.488 e. The zero-order valence-corrected chi connectivity index (χ0v) is 15.3. The molecule has 7 heteroatoms. The smallest absolute Gasteiger partial charge is 0.338 e. The molecule has 2 N–H and O–H groups in total. The molecule has 6 nitrogen and oxygen atoms in total. The number of nitriles is 1. The van der Waals surface area contributed by atoms with Gasteiger partial charge in [-0.15, -0.1) is 0 Å². The minimum Gasteiger partial charge on any atom is -0.488 e. The van der Waals surface area contributed by atoms with Gasteiger partial charge in [-0.1, -0.05) is 30.3 Å². The highest BCUT2D eigenvalue weighted by Gasteiger charge is 2.36. The molecule has 0 spiro atoms. The van der Waals surface area contributed by atoms with E-state index < -0.39 is 11.9 Å². The topological polar surface area (TPSA) is 94.6 Å². The number of hydrogen-bond acceptors (Lipinski definition) is 6. The Hall–Kier alpha value is -2.91. The Balaban J connectivity index is 2.55. The van der Waals surface area contributed by atoms with Crippen LogP contribution in [0.4, 0.5) is 0 Å². The standard InChI is InChI=1S/C19H19ClN2O4/c1-4-8-25-15-7-6-12(9-14(15)20)17-13(10-21)18(22)26-11(3)16(17)19(23)24-5-2/h4,6-7,9,17H,1,5,8,22H2,2-3H3. The molecule has 1 aromatic carbocycles. The van der Waals surface area contributed by atoms with E-state index in [2.05, 4.69) is 6.58 Å². The maximum Gasteiger partial charge on any atom is 0.338 e. The summed E-state index contributed by atoms with van der Waals surface area (Å²) in [5, 5.41) is 9.88. The lowest BCUT2D eigenvalue weighted by Gasteiger charge is -2.27. The van der Waals surface area contributed by atoms with Crippen molar-refractivity contribution in [3.05, 3.63) is 64.2 Å². The zero-order valence-electron chi connectivity index (χ0n) is 14.5. The second kappa shape index (κ2) is 8.45. The minimum atomic E-state index is -0.737. The van der Waals surface area contributed by atoms with E-state index in [1.54, 1.807) is 38.1 Å². The Bertz CT molecular complexity index is 836. The van der Waals surface area contributed by atoms with Crippen molar-refractivity contribution < 1.29 is 19.0 Å². The Morgan fingerprint density at radius 1 is 1.54 bits per heavy atom. The highest BCUT2D eigenvalue weighted by molar-refractivity contribution is 6.32. The van der Waals surface area contributed by atoms with E-state index in [1.165, 1.54) is 0 Å². The first-order valence-electron chi connectivity index (χ1n) is 7.93. The number of carbonyl (C=O) groups excluding carboxylic acids is 1. The molecule has 0 bridgehead atoms. The van der Waals surface area contributed by atoms with E-state index >= 15 is 0 Å². The Labute approximate surface area is 157 Å². The molecule has 0 aliphatic carbocycles. The summed E-state index contributed by atoms with van der Waals surface area (Å²) in [6, 6.07) is 7.04. The molecule has 2 rings (SSSR count). The van der Waals surface area contributed by atoms with Gasteiger partial charge in [-0.25, -0.2) is 4.79 Å². The summed E-state index contributed by atoms with van der Waals surface area (Å²) in [6.45, 7) is 7.38. The summed E-state index contributed by atoms with van der Waals surface area (Å²) < 4.78 is 16.0. The predicted molar refractivity (Wildman–Crippen MR) is 97.1 cm³/mol. The maximum atomic E-state index is 12.5. The van der Waals surface area contributed by atoms with Gasteiger partial charge in [0.15, 0.2) is 0 Å². The molecule has 1 aliphatic rings. The van der Waals surface area contributed by atoms with Crippen LogP contribution in [0.15, 0.2) is 53.6 Å². The third-order valence-electron chi connectivity index (χ3n) is 3.75. The van der Waals surface area contributed by atoms with Crippen LogP contribution in [0.2, 0.25) is 5.02 Å². The number of ether oxygens (including phenoxy) is 3. The summed E-state index contributed by atoms with van der Waals surface area (Å²) in [6.07, 6.45) is 1.60. The van der Waals surface area contributed by atoms with Crippen molar-refractivity contribution in [2.75, 3.05) is 13.2 Å². The highest BCUT2D eigenvalue weighted by atomic mass is 35.5. The number of rotatable bonds is 6. The second-order valence-electron chi connectivity index (χ2n) is 5.40. The quantitative estimate of drug-likeness (QED) is 0.604. The van der Waals surface area contributed by atoms with Gasteiger partial charge in [0.2, 0.25) is 5.88 Å². The number of benzene rings is 1. The van der Waals surface area contributed by atoms with E-state index in [4.69, 9.17) is 31.5 Å². The highest BCUT2D eigenvalue weighted by Crippen LogP contribution is 2.41. The molecule has 0 fully saturated rings. The summed E-state index contributed by atoms with van der Waals surface area (Å²) in [5.74, 6) is -0.604. The SMILES string of the molecule is C=CCOc1ccc(C2C(C#N)=C(N)OC(C)=C2C(=O)OCC)cc1Cl. The van der Waals surface area contributed by atoms with E-state index in [0.717, 1.165) is 0 Å². The number of nitrogens with two attached hydrogens (primary N) is 1. The normalized spacial score (nSPS) is 16.6. The number of carbonyl (C=O) groups is 1. The van der Waals surface area contributed by atoms with Crippen LogP contribution < -0.4 is 10.5 Å². The molecule has 26 heavy (non-hydrogen) atoms. The molecule has 1 aromatic rings. The number of nitrogens with zero attached hydrogens (tertiary/aromatic N) is 1. The first kappa shape index (κ1) is 19.4. The lowest BCUT2D eigenvalue weighted by Crippen LogP contribution is -2.25. The van der Waals surface area contributed by atoms with Gasteiger partial charge in [-0.05, 0) is 31.5 Å². The molecular weight excluding hydrogens is 356 g/mol. The van der Waals surface area contributed by atoms with E-state index in [0.29, 0.717) is 22.9 Å². The molecule has 0 radical (unpaired) electrons. The van der Waals surface area contributed by atoms with Crippen molar-refractivity contribution in [1.29, 1.82) is 5.26 Å². The van der Waals surface area contributed by atoms with Crippen LogP contribution in [-0.2, 0) is 14.3 Å². The summed E-state index contributed by atoms with van der Waals surface area (Å²) in [7, 11) is 0. The van der Waals surface area contributed by atoms with Crippen LogP contribution in [-0.4, -0.2) is 19.2 Å². The molecular formula is C19H19ClN2O4. The van der Waals surface area contributed by atoms with Gasteiger partial charge in [0.25, 0.3) is 0 Å². The van der Waals surface area contributed by atoms with Gasteiger partial charge in [0, 0.05) is 0 Å². The van der Waals surface area contributed by atoms with Gasteiger partial charge < -0.3 is 19.9 Å². The van der Waals surface area contributed by atoms with Crippen LogP contribution in [0.1, 0.15) is 25.3 Å². The van der Waals surface area contributed by atoms with Crippen LogP contribution >= 0.6 is 11.6 Å². The molecule has 1 heterocycles. The van der Waals surface area contributed by atoms with Crippen molar-refractivity contribution >= 4 is 17.6 Å². The summed E-state index contributed by atoms with van der Waals surface area (Å²) in [5.41, 5.74) is 6.80. The number of hydrogen-bond donors (Lipinski definition) is 1. The van der Waals surface area contributed by atoms with Gasteiger partial charge in [-0.3, -0.25) is 0 Å². The van der Waals surface area contributed by atoms with Gasteiger partial charge in [-0.2, -0.15) is 5.26 Å². The van der Waals surface area contributed by atoms with Crippen LogP contribution in [0.5, 0.6) is 5.75 Å². The summed E-state index contributed by atoms with van der Waals surface area (Å²) in [4.78, 5) is 12.5. The molecule has 1 aliphatic heterocycles. The van der Waals surface area contributed by atoms with Crippen molar-refractivity contribution in [3.63, 3.8) is 0 Å². The third kappa shape index (κ3) is 3.84. The second-order valence-corrected chi connectivity index (χ2v) is 5.81. The number of allylic oxidation sites excluding steroid dienone is 2.